The van der Waals surface area contributed by atoms with E-state index < -0.39 is 29.1 Å². The predicted octanol–water partition coefficient (Wildman–Crippen LogP) is 5.05. The Hall–Kier alpha value is -4.01. The van der Waals surface area contributed by atoms with Crippen LogP contribution in [-0.2, 0) is 9.53 Å². The van der Waals surface area contributed by atoms with Crippen LogP contribution < -0.4 is 25.0 Å². The molecule has 0 bridgehead atoms. The number of rotatable bonds is 7. The zero-order chi connectivity index (χ0) is 25.8. The molecule has 35 heavy (non-hydrogen) atoms. The second kappa shape index (κ2) is 10.5. The van der Waals surface area contributed by atoms with E-state index in [1.165, 1.54) is 31.6 Å². The molecule has 9 heteroatoms. The number of benzene rings is 2. The molecule has 0 unspecified atom stereocenters. The highest BCUT2D eigenvalue weighted by Crippen LogP contribution is 2.30. The van der Waals surface area contributed by atoms with E-state index in [-0.39, 0.29) is 28.4 Å². The SMILES string of the molecule is COc1ccccc1Oc1coc2cc(OC(=O)[C@@H](NC(=O)OC(C)(C)C)C(C)C)ccc2c1=O. The number of amides is 1. The number of nitrogens with one attached hydrogen (secondary N) is 1. The van der Waals surface area contributed by atoms with Crippen molar-refractivity contribution in [1.82, 2.24) is 5.32 Å². The summed E-state index contributed by atoms with van der Waals surface area (Å²) in [7, 11) is 1.50. The van der Waals surface area contributed by atoms with Gasteiger partial charge in [0.2, 0.25) is 11.2 Å². The summed E-state index contributed by atoms with van der Waals surface area (Å²) < 4.78 is 27.2. The maximum Gasteiger partial charge on any atom is 0.408 e. The number of carbonyl (C=O) groups excluding carboxylic acids is 2. The van der Waals surface area contributed by atoms with Crippen molar-refractivity contribution < 1.29 is 33.0 Å². The van der Waals surface area contributed by atoms with Crippen LogP contribution in [0.25, 0.3) is 11.0 Å². The third kappa shape index (κ3) is 6.53. The van der Waals surface area contributed by atoms with Crippen molar-refractivity contribution in [2.24, 2.45) is 5.92 Å². The second-order valence-electron chi connectivity index (χ2n) is 9.13. The molecule has 2 aromatic carbocycles. The number of alkyl carbamates (subject to hydrolysis) is 1. The lowest BCUT2D eigenvalue weighted by Gasteiger charge is -2.24. The molecule has 0 spiro atoms. The van der Waals surface area contributed by atoms with Crippen molar-refractivity contribution in [2.75, 3.05) is 7.11 Å². The van der Waals surface area contributed by atoms with Gasteiger partial charge < -0.3 is 28.7 Å². The highest BCUT2D eigenvalue weighted by atomic mass is 16.6. The fourth-order valence-electron chi connectivity index (χ4n) is 3.16. The third-order valence-corrected chi connectivity index (χ3v) is 4.81. The molecular weight excluding hydrogens is 454 g/mol. The molecule has 186 valence electrons. The van der Waals surface area contributed by atoms with Crippen molar-refractivity contribution >= 4 is 23.0 Å². The molecule has 0 saturated heterocycles. The molecule has 3 aromatic rings. The Morgan fingerprint density at radius 3 is 2.31 bits per heavy atom. The van der Waals surface area contributed by atoms with Gasteiger partial charge in [-0.2, -0.15) is 0 Å². The number of methoxy groups -OCH3 is 1. The van der Waals surface area contributed by atoms with E-state index in [1.807, 2.05) is 0 Å². The Morgan fingerprint density at radius 2 is 1.69 bits per heavy atom. The minimum atomic E-state index is -0.941. The largest absolute Gasteiger partial charge is 0.493 e. The number of carbonyl (C=O) groups is 2. The van der Waals surface area contributed by atoms with E-state index in [4.69, 9.17) is 23.4 Å². The van der Waals surface area contributed by atoms with E-state index in [0.29, 0.717) is 11.5 Å². The summed E-state index contributed by atoms with van der Waals surface area (Å²) in [6, 6.07) is 10.3. The molecule has 0 saturated carbocycles. The summed E-state index contributed by atoms with van der Waals surface area (Å²) in [5.74, 6) is 0.0269. The van der Waals surface area contributed by atoms with E-state index in [2.05, 4.69) is 5.32 Å². The van der Waals surface area contributed by atoms with E-state index >= 15 is 0 Å². The average Bonchev–Trinajstić information content (AvgIpc) is 2.78. The fourth-order valence-corrected chi connectivity index (χ4v) is 3.16. The average molecular weight is 484 g/mol. The summed E-state index contributed by atoms with van der Waals surface area (Å²) in [5.41, 5.74) is -0.907. The zero-order valence-corrected chi connectivity index (χ0v) is 20.5. The van der Waals surface area contributed by atoms with Gasteiger partial charge >= 0.3 is 12.1 Å². The Balaban J connectivity index is 1.79. The molecular formula is C26H29NO8. The monoisotopic (exact) mass is 483 g/mol. The summed E-state index contributed by atoms with van der Waals surface area (Å²) >= 11 is 0. The number of hydrogen-bond acceptors (Lipinski definition) is 8. The number of hydrogen-bond donors (Lipinski definition) is 1. The van der Waals surface area contributed by atoms with Gasteiger partial charge in [0, 0.05) is 6.07 Å². The second-order valence-corrected chi connectivity index (χ2v) is 9.13. The molecule has 3 rings (SSSR count). The molecule has 1 heterocycles. The predicted molar refractivity (Wildman–Crippen MR) is 129 cm³/mol. The van der Waals surface area contributed by atoms with Crippen molar-refractivity contribution in [3.63, 3.8) is 0 Å². The maximum absolute atomic E-state index is 12.9. The summed E-state index contributed by atoms with van der Waals surface area (Å²) in [4.78, 5) is 37.8. The molecule has 1 atom stereocenters. The minimum Gasteiger partial charge on any atom is -0.493 e. The van der Waals surface area contributed by atoms with Crippen LogP contribution in [0.15, 0.2) is 57.9 Å². The Morgan fingerprint density at radius 1 is 1.00 bits per heavy atom. The number of para-hydroxylation sites is 2. The van der Waals surface area contributed by atoms with Gasteiger partial charge in [0.25, 0.3) is 0 Å². The van der Waals surface area contributed by atoms with Crippen LogP contribution in [0.2, 0.25) is 0 Å². The lowest BCUT2D eigenvalue weighted by atomic mass is 10.1. The third-order valence-electron chi connectivity index (χ3n) is 4.81. The Kier molecular flexibility index (Phi) is 7.68. The number of ether oxygens (including phenoxy) is 4. The molecule has 1 aromatic heterocycles. The molecule has 9 nitrogen and oxygen atoms in total. The molecule has 0 aliphatic rings. The molecule has 0 aliphatic carbocycles. The van der Waals surface area contributed by atoms with Gasteiger partial charge in [0.15, 0.2) is 11.5 Å². The molecule has 0 aliphatic heterocycles. The van der Waals surface area contributed by atoms with Crippen LogP contribution >= 0.6 is 0 Å². The number of esters is 1. The van der Waals surface area contributed by atoms with Crippen LogP contribution in [0.3, 0.4) is 0 Å². The van der Waals surface area contributed by atoms with Crippen molar-refractivity contribution in [3.05, 3.63) is 59.0 Å². The first kappa shape index (κ1) is 25.6. The molecule has 0 fully saturated rings. The maximum atomic E-state index is 12.9. The standard InChI is InChI=1S/C26H29NO8/c1-15(2)22(27-25(30)35-26(3,4)5)24(29)33-16-11-12-17-20(13-16)32-14-21(23(17)28)34-19-10-8-7-9-18(19)31-6/h7-15,22H,1-6H3,(H,27,30)/t22-/m0/s1. The van der Waals surface area contributed by atoms with Crippen LogP contribution in [0.5, 0.6) is 23.0 Å². The topological polar surface area (TPSA) is 113 Å². The lowest BCUT2D eigenvalue weighted by Crippen LogP contribution is -2.48. The summed E-state index contributed by atoms with van der Waals surface area (Å²) in [5, 5.41) is 2.78. The van der Waals surface area contributed by atoms with Crippen LogP contribution in [0, 0.1) is 5.92 Å². The highest BCUT2D eigenvalue weighted by Gasteiger charge is 2.28. The van der Waals surface area contributed by atoms with Crippen molar-refractivity contribution in [3.8, 4) is 23.0 Å². The zero-order valence-electron chi connectivity index (χ0n) is 20.5. The summed E-state index contributed by atoms with van der Waals surface area (Å²) in [6.07, 6.45) is 0.462. The lowest BCUT2D eigenvalue weighted by molar-refractivity contribution is -0.137. The minimum absolute atomic E-state index is 0.0202. The Bertz CT molecular complexity index is 1270. The fraction of sp³-hybridized carbons (Fsp3) is 0.346. The van der Waals surface area contributed by atoms with Gasteiger partial charge in [-0.3, -0.25) is 4.79 Å². The van der Waals surface area contributed by atoms with Gasteiger partial charge in [-0.1, -0.05) is 26.0 Å². The van der Waals surface area contributed by atoms with Crippen molar-refractivity contribution in [2.45, 2.75) is 46.3 Å². The van der Waals surface area contributed by atoms with Gasteiger partial charge in [-0.25, -0.2) is 9.59 Å². The first-order valence-corrected chi connectivity index (χ1v) is 11.1. The van der Waals surface area contributed by atoms with E-state index in [9.17, 15) is 14.4 Å². The first-order valence-electron chi connectivity index (χ1n) is 11.1. The van der Waals surface area contributed by atoms with Gasteiger partial charge in [-0.15, -0.1) is 0 Å². The molecule has 1 amide bonds. The van der Waals surface area contributed by atoms with Crippen LogP contribution in [-0.4, -0.2) is 30.8 Å². The van der Waals surface area contributed by atoms with Crippen LogP contribution in [0.1, 0.15) is 34.6 Å². The van der Waals surface area contributed by atoms with Crippen molar-refractivity contribution in [1.29, 1.82) is 0 Å². The van der Waals surface area contributed by atoms with Gasteiger partial charge in [-0.05, 0) is 51.0 Å². The highest BCUT2D eigenvalue weighted by molar-refractivity contribution is 5.85. The molecule has 1 N–H and O–H groups in total. The quantitative estimate of drug-likeness (QED) is 0.367. The first-order chi connectivity index (χ1) is 16.5. The summed E-state index contributed by atoms with van der Waals surface area (Å²) in [6.45, 7) is 8.72. The van der Waals surface area contributed by atoms with Gasteiger partial charge in [0.05, 0.1) is 12.5 Å². The van der Waals surface area contributed by atoms with Crippen LogP contribution in [0.4, 0.5) is 4.79 Å². The number of fused-ring (bicyclic) bond motifs is 1. The van der Waals surface area contributed by atoms with E-state index in [0.717, 1.165) is 0 Å². The molecule has 0 radical (unpaired) electrons. The Labute approximate surface area is 202 Å². The van der Waals surface area contributed by atoms with E-state index in [1.54, 1.807) is 58.9 Å². The smallest absolute Gasteiger partial charge is 0.408 e. The van der Waals surface area contributed by atoms with Gasteiger partial charge in [0.1, 0.15) is 29.2 Å². The normalized spacial score (nSPS) is 12.2.